The van der Waals surface area contributed by atoms with Crippen molar-refractivity contribution in [2.45, 2.75) is 26.3 Å². The second-order valence-corrected chi connectivity index (χ2v) is 7.69. The van der Waals surface area contributed by atoms with Crippen molar-refractivity contribution in [2.24, 2.45) is 0 Å². The van der Waals surface area contributed by atoms with E-state index >= 15 is 0 Å². The van der Waals surface area contributed by atoms with Crippen molar-refractivity contribution in [3.05, 3.63) is 66.4 Å². The van der Waals surface area contributed by atoms with Crippen LogP contribution in [0.1, 0.15) is 25.0 Å². The fraction of sp³-hybridized carbons (Fsp3) is 0.417. The Bertz CT molecular complexity index is 888. The number of oxazole rings is 1. The van der Waals surface area contributed by atoms with Crippen LogP contribution in [0.5, 0.6) is 0 Å². The van der Waals surface area contributed by atoms with Gasteiger partial charge in [0.15, 0.2) is 5.89 Å². The number of aryl methyl sites for hydroxylation is 1. The molecule has 0 saturated carbocycles. The van der Waals surface area contributed by atoms with E-state index in [-0.39, 0.29) is 0 Å². The van der Waals surface area contributed by atoms with Crippen LogP contribution in [0.3, 0.4) is 0 Å². The van der Waals surface area contributed by atoms with Crippen LogP contribution >= 0.6 is 0 Å². The second-order valence-electron chi connectivity index (χ2n) is 7.69. The molecule has 1 aliphatic heterocycles. The van der Waals surface area contributed by atoms with Crippen LogP contribution in [-0.2, 0) is 13.0 Å². The zero-order valence-corrected chi connectivity index (χ0v) is 17.8. The van der Waals surface area contributed by atoms with Gasteiger partial charge in [0.25, 0.3) is 0 Å². The summed E-state index contributed by atoms with van der Waals surface area (Å²) in [6.45, 7) is 9.00. The summed E-state index contributed by atoms with van der Waals surface area (Å²) in [4.78, 5) is 14.1. The molecule has 1 aromatic carbocycles. The Morgan fingerprint density at radius 3 is 2.53 bits per heavy atom. The molecule has 1 saturated heterocycles. The molecule has 0 atom stereocenters. The third-order valence-electron chi connectivity index (χ3n) is 5.49. The van der Waals surface area contributed by atoms with Gasteiger partial charge in [-0.2, -0.15) is 0 Å². The predicted molar refractivity (Wildman–Crippen MR) is 121 cm³/mol. The van der Waals surface area contributed by atoms with E-state index < -0.39 is 0 Å². The van der Waals surface area contributed by atoms with Crippen molar-refractivity contribution in [1.82, 2.24) is 20.2 Å². The number of nitrogens with one attached hydrogen (secondary N) is 1. The highest BCUT2D eigenvalue weighted by Crippen LogP contribution is 2.24. The summed E-state index contributed by atoms with van der Waals surface area (Å²) in [6, 6.07) is 16.4. The third-order valence-corrected chi connectivity index (χ3v) is 5.49. The van der Waals surface area contributed by atoms with Gasteiger partial charge in [-0.1, -0.05) is 43.3 Å². The van der Waals surface area contributed by atoms with Crippen LogP contribution in [0.25, 0.3) is 11.3 Å². The Morgan fingerprint density at radius 2 is 1.80 bits per heavy atom. The van der Waals surface area contributed by atoms with Crippen LogP contribution in [-0.4, -0.2) is 54.1 Å². The molecular formula is C24H31N5O. The minimum atomic E-state index is 0.703. The fourth-order valence-corrected chi connectivity index (χ4v) is 3.84. The van der Waals surface area contributed by atoms with E-state index in [1.807, 2.05) is 30.5 Å². The van der Waals surface area contributed by atoms with Crippen LogP contribution in [0, 0.1) is 0 Å². The van der Waals surface area contributed by atoms with Gasteiger partial charge in [0.1, 0.15) is 17.3 Å². The summed E-state index contributed by atoms with van der Waals surface area (Å²) in [7, 11) is 0. The summed E-state index contributed by atoms with van der Waals surface area (Å²) in [5.41, 5.74) is 2.08. The molecular weight excluding hydrogens is 374 g/mol. The molecule has 1 fully saturated rings. The largest absolute Gasteiger partial charge is 0.444 e. The number of hydrogen-bond donors (Lipinski definition) is 1. The molecule has 0 radical (unpaired) electrons. The Labute approximate surface area is 178 Å². The Balaban J connectivity index is 1.26. The molecule has 2 aromatic heterocycles. The number of aromatic nitrogens is 2. The molecule has 3 heterocycles. The highest BCUT2D eigenvalue weighted by Gasteiger charge is 2.18. The fourth-order valence-electron chi connectivity index (χ4n) is 3.84. The van der Waals surface area contributed by atoms with Gasteiger partial charge in [-0.05, 0) is 18.6 Å². The quantitative estimate of drug-likeness (QED) is 0.549. The van der Waals surface area contributed by atoms with Gasteiger partial charge in [-0.3, -0.25) is 4.90 Å². The maximum atomic E-state index is 6.06. The van der Waals surface area contributed by atoms with Gasteiger partial charge < -0.3 is 14.6 Å². The van der Waals surface area contributed by atoms with Crippen molar-refractivity contribution in [2.75, 3.05) is 44.2 Å². The van der Waals surface area contributed by atoms with Gasteiger partial charge in [0, 0.05) is 57.4 Å². The number of anilines is 1. The second kappa shape index (κ2) is 10.4. The maximum Gasteiger partial charge on any atom is 0.195 e. The molecule has 3 aromatic rings. The molecule has 6 nitrogen and oxygen atoms in total. The summed E-state index contributed by atoms with van der Waals surface area (Å²) >= 11 is 0. The SMILES string of the molecule is CCCc1nc(-c2ccccc2)c(CNCCN2CCN(c3ccccn3)CC2)o1. The zero-order valence-electron chi connectivity index (χ0n) is 17.8. The molecule has 158 valence electrons. The first-order valence-corrected chi connectivity index (χ1v) is 11.0. The number of piperazine rings is 1. The summed E-state index contributed by atoms with van der Waals surface area (Å²) in [5, 5.41) is 3.56. The number of benzene rings is 1. The van der Waals surface area contributed by atoms with Gasteiger partial charge in [-0.25, -0.2) is 9.97 Å². The van der Waals surface area contributed by atoms with Crippen molar-refractivity contribution in [1.29, 1.82) is 0 Å². The van der Waals surface area contributed by atoms with E-state index in [4.69, 9.17) is 9.40 Å². The lowest BCUT2D eigenvalue weighted by Gasteiger charge is -2.35. The van der Waals surface area contributed by atoms with Crippen LogP contribution in [0.4, 0.5) is 5.82 Å². The molecule has 6 heteroatoms. The Morgan fingerprint density at radius 1 is 1.00 bits per heavy atom. The first kappa shape index (κ1) is 20.6. The number of nitrogens with zero attached hydrogens (tertiary/aromatic N) is 4. The monoisotopic (exact) mass is 405 g/mol. The van der Waals surface area contributed by atoms with E-state index in [1.54, 1.807) is 0 Å². The smallest absolute Gasteiger partial charge is 0.195 e. The molecule has 0 amide bonds. The van der Waals surface area contributed by atoms with Gasteiger partial charge in [0.05, 0.1) is 6.54 Å². The number of pyridine rings is 1. The minimum absolute atomic E-state index is 0.703. The molecule has 1 aliphatic rings. The Hall–Kier alpha value is -2.70. The van der Waals surface area contributed by atoms with Crippen LogP contribution < -0.4 is 10.2 Å². The van der Waals surface area contributed by atoms with E-state index in [9.17, 15) is 0 Å². The van der Waals surface area contributed by atoms with Crippen LogP contribution in [0.15, 0.2) is 59.1 Å². The lowest BCUT2D eigenvalue weighted by molar-refractivity contribution is 0.256. The van der Waals surface area contributed by atoms with Crippen LogP contribution in [0.2, 0.25) is 0 Å². The topological polar surface area (TPSA) is 57.4 Å². The molecule has 1 N–H and O–H groups in total. The highest BCUT2D eigenvalue weighted by molar-refractivity contribution is 5.61. The lowest BCUT2D eigenvalue weighted by atomic mass is 10.1. The van der Waals surface area contributed by atoms with Gasteiger partial charge >= 0.3 is 0 Å². The molecule has 0 aliphatic carbocycles. The van der Waals surface area contributed by atoms with Gasteiger partial charge in [0.2, 0.25) is 0 Å². The number of hydrogen-bond acceptors (Lipinski definition) is 6. The summed E-state index contributed by atoms with van der Waals surface area (Å²) in [6.07, 6.45) is 3.78. The molecule has 0 unspecified atom stereocenters. The highest BCUT2D eigenvalue weighted by atomic mass is 16.4. The standard InChI is InChI=1S/C24H31N5O/c1-2-8-23-27-24(20-9-4-3-5-10-20)21(30-23)19-25-13-14-28-15-17-29(18-16-28)22-11-6-7-12-26-22/h3-7,9-12,25H,2,8,13-19H2,1H3. The van der Waals surface area contributed by atoms with Crippen molar-refractivity contribution >= 4 is 5.82 Å². The van der Waals surface area contributed by atoms with Crippen molar-refractivity contribution < 1.29 is 4.42 Å². The van der Waals surface area contributed by atoms with Gasteiger partial charge in [-0.15, -0.1) is 0 Å². The van der Waals surface area contributed by atoms with E-state index in [0.717, 1.165) is 80.8 Å². The zero-order chi connectivity index (χ0) is 20.6. The molecule has 0 bridgehead atoms. The first-order valence-electron chi connectivity index (χ1n) is 11.0. The third kappa shape index (κ3) is 5.26. The summed E-state index contributed by atoms with van der Waals surface area (Å²) < 4.78 is 6.06. The van der Waals surface area contributed by atoms with E-state index in [1.165, 1.54) is 0 Å². The normalized spacial score (nSPS) is 14.9. The lowest BCUT2D eigenvalue weighted by Crippen LogP contribution is -2.48. The molecule has 4 rings (SSSR count). The average molecular weight is 406 g/mol. The maximum absolute atomic E-state index is 6.06. The minimum Gasteiger partial charge on any atom is -0.444 e. The van der Waals surface area contributed by atoms with E-state index in [0.29, 0.717) is 6.54 Å². The summed E-state index contributed by atoms with van der Waals surface area (Å²) in [5.74, 6) is 2.85. The number of rotatable bonds is 9. The Kier molecular flexibility index (Phi) is 7.11. The first-order chi connectivity index (χ1) is 14.8. The predicted octanol–water partition coefficient (Wildman–Crippen LogP) is 3.60. The molecule has 30 heavy (non-hydrogen) atoms. The average Bonchev–Trinajstić information content (AvgIpc) is 3.21. The van der Waals surface area contributed by atoms with Crippen molar-refractivity contribution in [3.63, 3.8) is 0 Å². The van der Waals surface area contributed by atoms with Crippen molar-refractivity contribution in [3.8, 4) is 11.3 Å². The van der Waals surface area contributed by atoms with E-state index in [2.05, 4.69) is 51.3 Å². The molecule has 0 spiro atoms.